The van der Waals surface area contributed by atoms with Crippen LogP contribution in [0.2, 0.25) is 0 Å². The number of hydrogen-bond acceptors (Lipinski definition) is 8. The fraction of sp³-hybridized carbons (Fsp3) is 0.286. The van der Waals surface area contributed by atoms with Gasteiger partial charge in [0.1, 0.15) is 16.9 Å². The van der Waals surface area contributed by atoms with Gasteiger partial charge in [-0.3, -0.25) is 5.32 Å². The molecule has 3 rings (SSSR count). The van der Waals surface area contributed by atoms with Crippen LogP contribution in [0.5, 0.6) is 5.75 Å². The van der Waals surface area contributed by atoms with Gasteiger partial charge >= 0.3 is 12.1 Å². The van der Waals surface area contributed by atoms with E-state index in [-0.39, 0.29) is 5.56 Å². The molecule has 0 radical (unpaired) electrons. The molecule has 9 heteroatoms. The van der Waals surface area contributed by atoms with E-state index < -0.39 is 17.7 Å². The predicted octanol–water partition coefficient (Wildman–Crippen LogP) is 4.69. The lowest BCUT2D eigenvalue weighted by Crippen LogP contribution is -2.27. The lowest BCUT2D eigenvalue weighted by atomic mass is 9.99. The fourth-order valence-corrected chi connectivity index (χ4v) is 3.83. The molecule has 3 N–H and O–H groups in total. The lowest BCUT2D eigenvalue weighted by Gasteiger charge is -2.18. The van der Waals surface area contributed by atoms with Crippen LogP contribution in [0.15, 0.2) is 30.3 Å². The van der Waals surface area contributed by atoms with E-state index in [4.69, 9.17) is 19.9 Å². The number of nitrogen functional groups attached to an aromatic ring is 1. The largest absolute Gasteiger partial charge is 0.495 e. The Kier molecular flexibility index (Phi) is 5.84. The molecule has 0 aliphatic rings. The summed E-state index contributed by atoms with van der Waals surface area (Å²) >= 11 is 1.21. The number of carbonyl (C=O) groups excluding carboxylic acids is 2. The van der Waals surface area contributed by atoms with Crippen molar-refractivity contribution in [3.8, 4) is 16.9 Å². The number of hydrogen-bond donors (Lipinski definition) is 2. The van der Waals surface area contributed by atoms with Gasteiger partial charge < -0.3 is 19.9 Å². The van der Waals surface area contributed by atoms with Crippen LogP contribution in [0.3, 0.4) is 0 Å². The zero-order valence-corrected chi connectivity index (χ0v) is 18.2. The molecule has 158 valence electrons. The number of nitrogens with two attached hydrogens (primary N) is 1. The Balaban J connectivity index is 2.20. The van der Waals surface area contributed by atoms with Gasteiger partial charge in [0.15, 0.2) is 5.13 Å². The summed E-state index contributed by atoms with van der Waals surface area (Å²) in [7, 11) is 2.77. The third-order valence-electron chi connectivity index (χ3n) is 4.03. The first-order chi connectivity index (χ1) is 14.1. The molecular weight excluding hydrogens is 406 g/mol. The smallest absolute Gasteiger partial charge is 0.413 e. The molecule has 0 saturated carbocycles. The summed E-state index contributed by atoms with van der Waals surface area (Å²) in [6.07, 6.45) is -0.618. The first-order valence-electron chi connectivity index (χ1n) is 9.08. The number of fused-ring (bicyclic) bond motifs is 1. The molecule has 3 aromatic rings. The minimum Gasteiger partial charge on any atom is -0.495 e. The minimum absolute atomic E-state index is 0.248. The second kappa shape index (κ2) is 8.19. The summed E-state index contributed by atoms with van der Waals surface area (Å²) in [5.74, 6) is -0.233. The van der Waals surface area contributed by atoms with Gasteiger partial charge in [-0.15, -0.1) is 0 Å². The molecule has 0 bridgehead atoms. The Hall–Kier alpha value is -3.33. The fourth-order valence-electron chi connectivity index (χ4n) is 2.93. The van der Waals surface area contributed by atoms with E-state index >= 15 is 0 Å². The summed E-state index contributed by atoms with van der Waals surface area (Å²) in [5.41, 5.74) is 7.97. The predicted molar refractivity (Wildman–Crippen MR) is 117 cm³/mol. The molecule has 30 heavy (non-hydrogen) atoms. The number of anilines is 2. The van der Waals surface area contributed by atoms with Gasteiger partial charge in [0, 0.05) is 5.69 Å². The Labute approximate surface area is 178 Å². The van der Waals surface area contributed by atoms with Crippen LogP contribution in [0.4, 0.5) is 15.6 Å². The Morgan fingerprint density at radius 3 is 2.50 bits per heavy atom. The van der Waals surface area contributed by atoms with E-state index in [0.29, 0.717) is 32.3 Å². The summed E-state index contributed by atoms with van der Waals surface area (Å²) < 4.78 is 16.4. The molecule has 1 aromatic heterocycles. The number of ether oxygens (including phenoxy) is 3. The molecule has 0 aliphatic carbocycles. The highest BCUT2D eigenvalue weighted by Gasteiger charge is 2.25. The summed E-state index contributed by atoms with van der Waals surface area (Å²) in [5, 5.41) is 2.97. The number of amides is 1. The van der Waals surface area contributed by atoms with Crippen LogP contribution in [0, 0.1) is 0 Å². The number of benzene rings is 2. The van der Waals surface area contributed by atoms with Crippen LogP contribution in [0.25, 0.3) is 21.3 Å². The number of methoxy groups -OCH3 is 2. The van der Waals surface area contributed by atoms with E-state index in [1.807, 2.05) is 6.07 Å². The van der Waals surface area contributed by atoms with Crippen LogP contribution in [0.1, 0.15) is 31.1 Å². The number of esters is 1. The number of thiazole rings is 1. The quantitative estimate of drug-likeness (QED) is 0.457. The highest BCUT2D eigenvalue weighted by atomic mass is 32.1. The molecule has 0 saturated heterocycles. The van der Waals surface area contributed by atoms with Crippen LogP contribution in [-0.4, -0.2) is 36.9 Å². The third kappa shape index (κ3) is 4.46. The Bertz CT molecular complexity index is 1120. The second-order valence-electron chi connectivity index (χ2n) is 7.44. The molecule has 0 aliphatic heterocycles. The van der Waals surface area contributed by atoms with E-state index in [1.165, 1.54) is 25.6 Å². The van der Waals surface area contributed by atoms with Gasteiger partial charge in [-0.2, -0.15) is 0 Å². The van der Waals surface area contributed by atoms with Crippen molar-refractivity contribution in [3.63, 3.8) is 0 Å². The van der Waals surface area contributed by atoms with Gasteiger partial charge in [-0.05, 0) is 44.5 Å². The van der Waals surface area contributed by atoms with Crippen molar-refractivity contribution in [2.24, 2.45) is 0 Å². The number of carbonyl (C=O) groups is 2. The van der Waals surface area contributed by atoms with E-state index in [9.17, 15) is 9.59 Å². The first-order valence-corrected chi connectivity index (χ1v) is 9.90. The van der Waals surface area contributed by atoms with Crippen molar-refractivity contribution in [1.29, 1.82) is 0 Å². The zero-order valence-electron chi connectivity index (χ0n) is 17.4. The van der Waals surface area contributed by atoms with Crippen LogP contribution in [-0.2, 0) is 9.47 Å². The van der Waals surface area contributed by atoms with Crippen molar-refractivity contribution in [2.45, 2.75) is 26.4 Å². The summed E-state index contributed by atoms with van der Waals surface area (Å²) in [6.45, 7) is 5.32. The summed E-state index contributed by atoms with van der Waals surface area (Å²) in [6, 6.07) is 8.79. The summed E-state index contributed by atoms with van der Waals surface area (Å²) in [4.78, 5) is 29.1. The van der Waals surface area contributed by atoms with Gasteiger partial charge in [-0.25, -0.2) is 14.6 Å². The van der Waals surface area contributed by atoms with Gasteiger partial charge in [0.05, 0.1) is 30.0 Å². The van der Waals surface area contributed by atoms with Crippen LogP contribution >= 0.6 is 11.3 Å². The highest BCUT2D eigenvalue weighted by Crippen LogP contribution is 2.43. The van der Waals surface area contributed by atoms with Crippen molar-refractivity contribution in [2.75, 3.05) is 25.3 Å². The molecule has 0 spiro atoms. The van der Waals surface area contributed by atoms with Crippen molar-refractivity contribution in [1.82, 2.24) is 4.98 Å². The average Bonchev–Trinajstić information content (AvgIpc) is 3.05. The van der Waals surface area contributed by atoms with Crippen molar-refractivity contribution < 1.29 is 23.8 Å². The number of nitrogens with one attached hydrogen (secondary N) is 1. The standard InChI is InChI=1S/C21H23N3O5S/c1-21(2,3)29-20(26)24-19-23-16-14(30-19)10-13(18(25)28-5)17(27-4)15(16)11-7-6-8-12(22)9-11/h6-10H,22H2,1-5H3,(H,23,24,26). The van der Waals surface area contributed by atoms with E-state index in [1.54, 1.807) is 45.0 Å². The Morgan fingerprint density at radius 2 is 1.90 bits per heavy atom. The second-order valence-corrected chi connectivity index (χ2v) is 8.47. The maximum Gasteiger partial charge on any atom is 0.413 e. The molecule has 8 nitrogen and oxygen atoms in total. The number of aromatic nitrogens is 1. The number of rotatable bonds is 4. The van der Waals surface area contributed by atoms with Crippen molar-refractivity contribution >= 4 is 44.4 Å². The molecule has 0 fully saturated rings. The van der Waals surface area contributed by atoms with Gasteiger partial charge in [-0.1, -0.05) is 23.5 Å². The van der Waals surface area contributed by atoms with Crippen molar-refractivity contribution in [3.05, 3.63) is 35.9 Å². The monoisotopic (exact) mass is 429 g/mol. The lowest BCUT2D eigenvalue weighted by molar-refractivity contribution is 0.0595. The van der Waals surface area contributed by atoms with Gasteiger partial charge in [0.25, 0.3) is 0 Å². The molecule has 2 aromatic carbocycles. The minimum atomic E-state index is -0.644. The Morgan fingerprint density at radius 1 is 1.17 bits per heavy atom. The first kappa shape index (κ1) is 21.4. The molecule has 1 heterocycles. The molecular formula is C21H23N3O5S. The third-order valence-corrected chi connectivity index (χ3v) is 4.95. The molecule has 1 amide bonds. The maximum atomic E-state index is 12.4. The van der Waals surface area contributed by atoms with Crippen LogP contribution < -0.4 is 15.8 Å². The average molecular weight is 429 g/mol. The molecule has 0 atom stereocenters. The maximum absolute atomic E-state index is 12.4. The normalized spacial score (nSPS) is 11.2. The molecule has 0 unspecified atom stereocenters. The SMILES string of the molecule is COC(=O)c1cc2sc(NC(=O)OC(C)(C)C)nc2c(-c2cccc(N)c2)c1OC. The van der Waals surface area contributed by atoms with E-state index in [0.717, 1.165) is 5.56 Å². The van der Waals surface area contributed by atoms with E-state index in [2.05, 4.69) is 10.3 Å². The number of nitrogens with zero attached hydrogens (tertiary/aromatic N) is 1. The zero-order chi connectivity index (χ0) is 22.1. The highest BCUT2D eigenvalue weighted by molar-refractivity contribution is 7.22. The van der Waals surface area contributed by atoms with Gasteiger partial charge in [0.2, 0.25) is 0 Å². The topological polar surface area (TPSA) is 113 Å².